The van der Waals surface area contributed by atoms with Crippen molar-refractivity contribution in [2.24, 2.45) is 12.8 Å². The second kappa shape index (κ2) is 4.63. The van der Waals surface area contributed by atoms with Gasteiger partial charge < -0.3 is 15.4 Å². The van der Waals surface area contributed by atoms with Crippen LogP contribution in [0, 0.1) is 0 Å². The molecule has 1 aromatic heterocycles. The molecule has 86 valence electrons. The highest BCUT2D eigenvalue weighted by Crippen LogP contribution is 2.15. The number of aryl methyl sites for hydroxylation is 1. The number of para-hydroxylation sites is 2. The SMILES string of the molecule is Cn1c(CC(O)CCN)nc2ccccc21. The second-order valence-electron chi connectivity index (χ2n) is 4.01. The molecule has 1 atom stereocenters. The number of nitrogens with zero attached hydrogens (tertiary/aromatic N) is 2. The zero-order valence-corrected chi connectivity index (χ0v) is 9.43. The van der Waals surface area contributed by atoms with Gasteiger partial charge in [0, 0.05) is 13.5 Å². The van der Waals surface area contributed by atoms with Crippen molar-refractivity contribution in [3.05, 3.63) is 30.1 Å². The minimum absolute atomic E-state index is 0.402. The fourth-order valence-electron chi connectivity index (χ4n) is 1.88. The van der Waals surface area contributed by atoms with Crippen LogP contribution in [0.25, 0.3) is 11.0 Å². The molecule has 0 aliphatic carbocycles. The molecule has 2 aromatic rings. The van der Waals surface area contributed by atoms with Crippen LogP contribution in [0.15, 0.2) is 24.3 Å². The summed E-state index contributed by atoms with van der Waals surface area (Å²) in [4.78, 5) is 4.50. The van der Waals surface area contributed by atoms with Crippen molar-refractivity contribution in [2.75, 3.05) is 6.54 Å². The molecule has 3 N–H and O–H groups in total. The van der Waals surface area contributed by atoms with Gasteiger partial charge in [0.05, 0.1) is 17.1 Å². The normalized spacial score (nSPS) is 13.2. The number of imidazole rings is 1. The lowest BCUT2D eigenvalue weighted by Crippen LogP contribution is -2.17. The van der Waals surface area contributed by atoms with E-state index < -0.39 is 6.10 Å². The van der Waals surface area contributed by atoms with E-state index in [1.807, 2.05) is 35.9 Å². The van der Waals surface area contributed by atoms with E-state index in [4.69, 9.17) is 5.73 Å². The maximum Gasteiger partial charge on any atom is 0.112 e. The van der Waals surface area contributed by atoms with Crippen molar-refractivity contribution >= 4 is 11.0 Å². The van der Waals surface area contributed by atoms with E-state index in [-0.39, 0.29) is 0 Å². The van der Waals surface area contributed by atoms with Gasteiger partial charge in [-0.3, -0.25) is 0 Å². The Kier molecular flexibility index (Phi) is 3.22. The topological polar surface area (TPSA) is 64.1 Å². The molecular weight excluding hydrogens is 202 g/mol. The van der Waals surface area contributed by atoms with Crippen LogP contribution in [0.4, 0.5) is 0 Å². The average Bonchev–Trinajstić information content (AvgIpc) is 2.57. The predicted molar refractivity (Wildman–Crippen MR) is 64.1 cm³/mol. The van der Waals surface area contributed by atoms with Gasteiger partial charge in [-0.15, -0.1) is 0 Å². The zero-order valence-electron chi connectivity index (χ0n) is 9.43. The van der Waals surface area contributed by atoms with E-state index in [0.717, 1.165) is 16.9 Å². The summed E-state index contributed by atoms with van der Waals surface area (Å²) in [6, 6.07) is 7.97. The lowest BCUT2D eigenvalue weighted by atomic mass is 10.2. The van der Waals surface area contributed by atoms with Gasteiger partial charge in [-0.2, -0.15) is 0 Å². The Morgan fingerprint density at radius 1 is 1.44 bits per heavy atom. The minimum atomic E-state index is -0.402. The van der Waals surface area contributed by atoms with Crippen LogP contribution < -0.4 is 5.73 Å². The molecule has 0 aliphatic rings. The van der Waals surface area contributed by atoms with Gasteiger partial charge in [0.2, 0.25) is 0 Å². The summed E-state index contributed by atoms with van der Waals surface area (Å²) in [7, 11) is 1.97. The summed E-state index contributed by atoms with van der Waals surface area (Å²) in [5, 5.41) is 9.72. The summed E-state index contributed by atoms with van der Waals surface area (Å²) in [6.45, 7) is 0.505. The van der Waals surface area contributed by atoms with Crippen molar-refractivity contribution in [2.45, 2.75) is 18.9 Å². The first-order valence-corrected chi connectivity index (χ1v) is 5.51. The molecule has 16 heavy (non-hydrogen) atoms. The van der Waals surface area contributed by atoms with E-state index in [9.17, 15) is 5.11 Å². The molecule has 0 aliphatic heterocycles. The Morgan fingerprint density at radius 2 is 2.19 bits per heavy atom. The Labute approximate surface area is 94.7 Å². The third-order valence-corrected chi connectivity index (χ3v) is 2.80. The van der Waals surface area contributed by atoms with Crippen molar-refractivity contribution in [3.63, 3.8) is 0 Å². The molecule has 0 fully saturated rings. The first kappa shape index (κ1) is 11.1. The third-order valence-electron chi connectivity index (χ3n) is 2.80. The number of aliphatic hydroxyl groups is 1. The van der Waals surface area contributed by atoms with Crippen molar-refractivity contribution < 1.29 is 5.11 Å². The van der Waals surface area contributed by atoms with E-state index in [1.54, 1.807) is 0 Å². The van der Waals surface area contributed by atoms with E-state index >= 15 is 0 Å². The lowest BCUT2D eigenvalue weighted by molar-refractivity contribution is 0.164. The van der Waals surface area contributed by atoms with E-state index in [0.29, 0.717) is 19.4 Å². The minimum Gasteiger partial charge on any atom is -0.393 e. The van der Waals surface area contributed by atoms with Crippen LogP contribution in [0.5, 0.6) is 0 Å². The Morgan fingerprint density at radius 3 is 2.88 bits per heavy atom. The number of benzene rings is 1. The smallest absolute Gasteiger partial charge is 0.112 e. The average molecular weight is 219 g/mol. The van der Waals surface area contributed by atoms with Gasteiger partial charge in [-0.25, -0.2) is 4.98 Å². The van der Waals surface area contributed by atoms with Crippen LogP contribution in [0.2, 0.25) is 0 Å². The van der Waals surface area contributed by atoms with Crippen molar-refractivity contribution in [3.8, 4) is 0 Å². The molecule has 1 aromatic carbocycles. The summed E-state index contributed by atoms with van der Waals surface area (Å²) in [6.07, 6.45) is 0.770. The van der Waals surface area contributed by atoms with Gasteiger partial charge in [-0.05, 0) is 25.1 Å². The van der Waals surface area contributed by atoms with Gasteiger partial charge in [0.25, 0.3) is 0 Å². The fourth-order valence-corrected chi connectivity index (χ4v) is 1.88. The van der Waals surface area contributed by atoms with Gasteiger partial charge in [0.15, 0.2) is 0 Å². The molecule has 2 rings (SSSR count). The molecule has 0 saturated heterocycles. The Bertz CT molecular complexity index is 478. The molecule has 0 radical (unpaired) electrons. The van der Waals surface area contributed by atoms with Crippen LogP contribution in [-0.4, -0.2) is 27.3 Å². The van der Waals surface area contributed by atoms with Crippen molar-refractivity contribution in [1.82, 2.24) is 9.55 Å². The highest BCUT2D eigenvalue weighted by Gasteiger charge is 2.11. The largest absolute Gasteiger partial charge is 0.393 e. The van der Waals surface area contributed by atoms with Crippen LogP contribution in [0.3, 0.4) is 0 Å². The summed E-state index contributed by atoms with van der Waals surface area (Å²) >= 11 is 0. The van der Waals surface area contributed by atoms with Crippen molar-refractivity contribution in [1.29, 1.82) is 0 Å². The highest BCUT2D eigenvalue weighted by molar-refractivity contribution is 5.75. The number of rotatable bonds is 4. The molecule has 0 amide bonds. The van der Waals surface area contributed by atoms with Crippen LogP contribution >= 0.6 is 0 Å². The second-order valence-corrected chi connectivity index (χ2v) is 4.01. The first-order valence-electron chi connectivity index (χ1n) is 5.51. The van der Waals surface area contributed by atoms with E-state index in [1.165, 1.54) is 0 Å². The number of aromatic nitrogens is 2. The number of fused-ring (bicyclic) bond motifs is 1. The molecule has 4 nitrogen and oxygen atoms in total. The molecule has 1 heterocycles. The third kappa shape index (κ3) is 2.08. The standard InChI is InChI=1S/C12H17N3O/c1-15-11-5-3-2-4-10(11)14-12(15)8-9(16)6-7-13/h2-5,9,16H,6-8,13H2,1H3. The first-order chi connectivity index (χ1) is 7.72. The predicted octanol–water partition coefficient (Wildman–Crippen LogP) is 0.826. The number of hydrogen-bond donors (Lipinski definition) is 2. The lowest BCUT2D eigenvalue weighted by Gasteiger charge is -2.08. The van der Waals surface area contributed by atoms with Gasteiger partial charge >= 0.3 is 0 Å². The van der Waals surface area contributed by atoms with Crippen LogP contribution in [0.1, 0.15) is 12.2 Å². The van der Waals surface area contributed by atoms with Gasteiger partial charge in [-0.1, -0.05) is 12.1 Å². The van der Waals surface area contributed by atoms with Gasteiger partial charge in [0.1, 0.15) is 5.82 Å². The number of hydrogen-bond acceptors (Lipinski definition) is 3. The maximum atomic E-state index is 9.72. The summed E-state index contributed by atoms with van der Waals surface area (Å²) in [5.41, 5.74) is 7.48. The van der Waals surface area contributed by atoms with Crippen LogP contribution in [-0.2, 0) is 13.5 Å². The Hall–Kier alpha value is -1.39. The van der Waals surface area contributed by atoms with E-state index in [2.05, 4.69) is 4.98 Å². The highest BCUT2D eigenvalue weighted by atomic mass is 16.3. The summed E-state index contributed by atoms with van der Waals surface area (Å²) in [5.74, 6) is 0.905. The summed E-state index contributed by atoms with van der Waals surface area (Å²) < 4.78 is 2.02. The molecule has 0 saturated carbocycles. The Balaban J connectivity index is 2.27. The molecule has 0 bridgehead atoms. The molecular formula is C12H17N3O. The zero-order chi connectivity index (χ0) is 11.5. The molecule has 0 spiro atoms. The number of nitrogens with two attached hydrogens (primary N) is 1. The quantitative estimate of drug-likeness (QED) is 0.800. The maximum absolute atomic E-state index is 9.72. The number of aliphatic hydroxyl groups excluding tert-OH is 1. The molecule has 4 heteroatoms. The monoisotopic (exact) mass is 219 g/mol. The fraction of sp³-hybridized carbons (Fsp3) is 0.417. The molecule has 1 unspecified atom stereocenters.